The van der Waals surface area contributed by atoms with Crippen LogP contribution in [-0.2, 0) is 9.53 Å². The maximum absolute atomic E-state index is 13.5. The second-order valence-electron chi connectivity index (χ2n) is 4.79. The van der Waals surface area contributed by atoms with Crippen LogP contribution in [0, 0.1) is 0 Å². The van der Waals surface area contributed by atoms with Crippen LogP contribution >= 0.6 is 0 Å². The van der Waals surface area contributed by atoms with E-state index in [2.05, 4.69) is 0 Å². The number of halogens is 2. The molecule has 2 aliphatic heterocycles. The Balaban J connectivity index is 1.97. The maximum atomic E-state index is 13.5. The molecule has 2 aliphatic rings. The minimum atomic E-state index is -3.25. The lowest BCUT2D eigenvalue weighted by Gasteiger charge is -2.22. The van der Waals surface area contributed by atoms with E-state index in [-0.39, 0.29) is 6.10 Å². The molecule has 0 bridgehead atoms. The van der Waals surface area contributed by atoms with E-state index >= 15 is 0 Å². The van der Waals surface area contributed by atoms with E-state index in [0.717, 1.165) is 5.56 Å². The van der Waals surface area contributed by atoms with Gasteiger partial charge in [-0.15, -0.1) is 0 Å². The van der Waals surface area contributed by atoms with Crippen LogP contribution in [0.15, 0.2) is 30.3 Å². The Hall–Kier alpha value is -1.49. The molecule has 96 valence electrons. The summed E-state index contributed by atoms with van der Waals surface area (Å²) in [7, 11) is 0. The summed E-state index contributed by atoms with van der Waals surface area (Å²) >= 11 is 0. The van der Waals surface area contributed by atoms with Crippen LogP contribution < -0.4 is 0 Å². The Labute approximate surface area is 103 Å². The number of benzene rings is 1. The summed E-state index contributed by atoms with van der Waals surface area (Å²) in [5.41, 5.74) is 0.734. The zero-order valence-electron chi connectivity index (χ0n) is 9.85. The van der Waals surface area contributed by atoms with Crippen LogP contribution in [0.5, 0.6) is 0 Å². The van der Waals surface area contributed by atoms with Gasteiger partial charge in [-0.1, -0.05) is 30.3 Å². The van der Waals surface area contributed by atoms with Crippen molar-refractivity contribution >= 4 is 5.91 Å². The number of carbonyl (C=O) groups is 1. The number of carbonyl (C=O) groups excluding carboxylic acids is 1. The lowest BCUT2D eigenvalue weighted by molar-refractivity contribution is -0.155. The largest absolute Gasteiger partial charge is 0.349 e. The average Bonchev–Trinajstić information content (AvgIpc) is 2.78. The van der Waals surface area contributed by atoms with Crippen molar-refractivity contribution in [3.8, 4) is 0 Å². The van der Waals surface area contributed by atoms with Gasteiger partial charge in [-0.2, -0.15) is 8.78 Å². The molecule has 0 aromatic heterocycles. The summed E-state index contributed by atoms with van der Waals surface area (Å²) < 4.78 is 32.6. The van der Waals surface area contributed by atoms with Gasteiger partial charge in [0.05, 0.1) is 12.1 Å². The van der Waals surface area contributed by atoms with Gasteiger partial charge in [0.15, 0.2) is 6.23 Å². The Bertz CT molecular complexity index is 477. The molecular formula is C13H13F2NO2. The molecule has 5 heteroatoms. The number of nitrogens with zero attached hydrogens (tertiary/aromatic N) is 1. The first-order valence-corrected chi connectivity index (χ1v) is 5.92. The highest BCUT2D eigenvalue weighted by Gasteiger charge is 2.60. The number of amides is 1. The van der Waals surface area contributed by atoms with Crippen molar-refractivity contribution in [3.05, 3.63) is 35.9 Å². The smallest absolute Gasteiger partial charge is 0.326 e. The van der Waals surface area contributed by atoms with Gasteiger partial charge < -0.3 is 9.64 Å². The summed E-state index contributed by atoms with van der Waals surface area (Å²) in [4.78, 5) is 12.9. The van der Waals surface area contributed by atoms with E-state index in [9.17, 15) is 13.6 Å². The molecule has 0 spiro atoms. The molecule has 0 radical (unpaired) electrons. The van der Waals surface area contributed by atoms with Gasteiger partial charge in [-0.05, 0) is 6.92 Å². The molecule has 0 saturated carbocycles. The quantitative estimate of drug-likeness (QED) is 0.768. The molecule has 0 aliphatic carbocycles. The third-order valence-corrected chi connectivity index (χ3v) is 3.59. The van der Waals surface area contributed by atoms with Crippen molar-refractivity contribution in [3.63, 3.8) is 0 Å². The maximum Gasteiger partial charge on any atom is 0.326 e. The van der Waals surface area contributed by atoms with Crippen molar-refractivity contribution in [2.75, 3.05) is 0 Å². The van der Waals surface area contributed by atoms with Gasteiger partial charge in [0.2, 0.25) is 0 Å². The first-order chi connectivity index (χ1) is 8.50. The summed E-state index contributed by atoms with van der Waals surface area (Å²) in [5.74, 6) is -4.37. The number of rotatable bonds is 1. The van der Waals surface area contributed by atoms with Crippen molar-refractivity contribution in [2.45, 2.75) is 37.6 Å². The number of ether oxygens (including phenoxy) is 1. The van der Waals surface area contributed by atoms with E-state index in [1.54, 1.807) is 31.2 Å². The topological polar surface area (TPSA) is 29.5 Å². The van der Waals surface area contributed by atoms with E-state index in [1.165, 1.54) is 4.90 Å². The SMILES string of the molecule is CC1OC(c2ccccc2)N2C(=O)C(F)(F)CC12. The Morgan fingerprint density at radius 3 is 2.67 bits per heavy atom. The highest BCUT2D eigenvalue weighted by atomic mass is 19.3. The Morgan fingerprint density at radius 1 is 1.33 bits per heavy atom. The fraction of sp³-hybridized carbons (Fsp3) is 0.462. The number of hydrogen-bond donors (Lipinski definition) is 0. The predicted molar refractivity (Wildman–Crippen MR) is 59.9 cm³/mol. The van der Waals surface area contributed by atoms with Crippen molar-refractivity contribution < 1.29 is 18.3 Å². The third-order valence-electron chi connectivity index (χ3n) is 3.59. The molecule has 1 amide bonds. The molecule has 2 fully saturated rings. The van der Waals surface area contributed by atoms with Crippen molar-refractivity contribution in [1.82, 2.24) is 4.90 Å². The lowest BCUT2D eigenvalue weighted by atomic mass is 10.1. The van der Waals surface area contributed by atoms with Gasteiger partial charge in [0.1, 0.15) is 0 Å². The zero-order chi connectivity index (χ0) is 12.9. The van der Waals surface area contributed by atoms with Crippen molar-refractivity contribution in [2.24, 2.45) is 0 Å². The summed E-state index contributed by atoms with van der Waals surface area (Å²) in [5, 5.41) is 0. The molecule has 3 atom stereocenters. The minimum absolute atomic E-state index is 0.368. The monoisotopic (exact) mass is 253 g/mol. The van der Waals surface area contributed by atoms with Gasteiger partial charge >= 0.3 is 5.92 Å². The minimum Gasteiger partial charge on any atom is -0.349 e. The molecule has 3 nitrogen and oxygen atoms in total. The lowest BCUT2D eigenvalue weighted by Crippen LogP contribution is -2.36. The molecule has 3 rings (SSSR count). The summed E-state index contributed by atoms with van der Waals surface area (Å²) in [6.07, 6.45) is -1.50. The van der Waals surface area contributed by atoms with Crippen LogP contribution in [0.3, 0.4) is 0 Å². The van der Waals surface area contributed by atoms with E-state index < -0.39 is 30.5 Å². The second kappa shape index (κ2) is 3.75. The normalized spacial score (nSPS) is 33.8. The molecule has 0 N–H and O–H groups in total. The first-order valence-electron chi connectivity index (χ1n) is 5.92. The van der Waals surface area contributed by atoms with E-state index in [4.69, 9.17) is 4.74 Å². The van der Waals surface area contributed by atoms with Crippen molar-refractivity contribution in [1.29, 1.82) is 0 Å². The summed E-state index contributed by atoms with van der Waals surface area (Å²) in [6.45, 7) is 1.73. The predicted octanol–water partition coefficient (Wildman–Crippen LogP) is 2.34. The van der Waals surface area contributed by atoms with Crippen LogP contribution in [0.25, 0.3) is 0 Å². The van der Waals surface area contributed by atoms with Crippen LogP contribution in [0.4, 0.5) is 8.78 Å². The number of alkyl halides is 2. The molecule has 1 aromatic rings. The molecule has 1 aromatic carbocycles. The van der Waals surface area contributed by atoms with E-state index in [1.807, 2.05) is 6.07 Å². The van der Waals surface area contributed by atoms with Gasteiger partial charge in [0.25, 0.3) is 5.91 Å². The molecular weight excluding hydrogens is 240 g/mol. The highest BCUT2D eigenvalue weighted by Crippen LogP contribution is 2.46. The van der Waals surface area contributed by atoms with Crippen LogP contribution in [0.1, 0.15) is 25.1 Å². The summed E-state index contributed by atoms with van der Waals surface area (Å²) in [6, 6.07) is 8.47. The zero-order valence-corrected chi connectivity index (χ0v) is 9.85. The van der Waals surface area contributed by atoms with Gasteiger partial charge in [-0.3, -0.25) is 4.79 Å². The first kappa shape index (κ1) is 11.6. The molecule has 3 unspecified atom stereocenters. The molecule has 18 heavy (non-hydrogen) atoms. The average molecular weight is 253 g/mol. The molecule has 2 saturated heterocycles. The standard InChI is InChI=1S/C13H13F2NO2/c1-8-10-7-13(14,15)12(17)16(10)11(18-8)9-5-3-2-4-6-9/h2-6,8,10-11H,7H2,1H3. The highest BCUT2D eigenvalue weighted by molar-refractivity contribution is 5.87. The second-order valence-corrected chi connectivity index (χ2v) is 4.79. The van der Waals surface area contributed by atoms with Crippen LogP contribution in [0.2, 0.25) is 0 Å². The van der Waals surface area contributed by atoms with Gasteiger partial charge in [-0.25, -0.2) is 0 Å². The Morgan fingerprint density at radius 2 is 2.00 bits per heavy atom. The fourth-order valence-electron chi connectivity index (χ4n) is 2.68. The number of hydrogen-bond acceptors (Lipinski definition) is 2. The third kappa shape index (κ3) is 1.54. The van der Waals surface area contributed by atoms with Crippen LogP contribution in [-0.4, -0.2) is 28.9 Å². The number of fused-ring (bicyclic) bond motifs is 1. The van der Waals surface area contributed by atoms with Gasteiger partial charge in [0, 0.05) is 12.0 Å². The fourth-order valence-corrected chi connectivity index (χ4v) is 2.68. The van der Waals surface area contributed by atoms with E-state index in [0.29, 0.717) is 0 Å². The molecule has 2 heterocycles. The Kier molecular flexibility index (Phi) is 2.41.